The molecule has 0 aliphatic carbocycles. The zero-order valence-electron chi connectivity index (χ0n) is 11.2. The topological polar surface area (TPSA) is 81.4 Å². The van der Waals surface area contributed by atoms with Gasteiger partial charge in [-0.2, -0.15) is 0 Å². The summed E-state index contributed by atoms with van der Waals surface area (Å²) in [4.78, 5) is 0.205. The Morgan fingerprint density at radius 3 is 2.79 bits per heavy atom. The van der Waals surface area contributed by atoms with Crippen LogP contribution < -0.4 is 10.5 Å². The maximum Gasteiger partial charge on any atom is 0.240 e. The third-order valence-corrected chi connectivity index (χ3v) is 4.71. The summed E-state index contributed by atoms with van der Waals surface area (Å²) in [6.45, 7) is 4.50. The summed E-state index contributed by atoms with van der Waals surface area (Å²) >= 11 is 0. The lowest BCUT2D eigenvalue weighted by Crippen LogP contribution is -2.45. The molecule has 6 heteroatoms. The van der Waals surface area contributed by atoms with Crippen LogP contribution in [0.1, 0.15) is 26.7 Å². The van der Waals surface area contributed by atoms with E-state index in [9.17, 15) is 8.42 Å². The Bertz CT molecular complexity index is 555. The van der Waals surface area contributed by atoms with Gasteiger partial charge < -0.3 is 10.5 Å². The van der Waals surface area contributed by atoms with Crippen LogP contribution in [-0.2, 0) is 14.8 Å². The molecular weight excluding hydrogens is 264 g/mol. The minimum Gasteiger partial charge on any atom is -0.399 e. The second-order valence-electron chi connectivity index (χ2n) is 5.49. The summed E-state index contributed by atoms with van der Waals surface area (Å²) in [5, 5.41) is 0. The number of nitrogens with two attached hydrogens (primary N) is 1. The van der Waals surface area contributed by atoms with Crippen LogP contribution >= 0.6 is 0 Å². The summed E-state index contributed by atoms with van der Waals surface area (Å²) in [5.74, 6) is 0. The van der Waals surface area contributed by atoms with Gasteiger partial charge in [0.2, 0.25) is 10.0 Å². The lowest BCUT2D eigenvalue weighted by molar-refractivity contribution is -0.0599. The molecule has 3 N–H and O–H groups in total. The van der Waals surface area contributed by atoms with Crippen molar-refractivity contribution in [3.63, 3.8) is 0 Å². The van der Waals surface area contributed by atoms with Gasteiger partial charge in [-0.15, -0.1) is 0 Å². The Kier molecular flexibility index (Phi) is 3.85. The molecule has 0 radical (unpaired) electrons. The van der Waals surface area contributed by atoms with Crippen LogP contribution in [0, 0.1) is 0 Å². The molecule has 1 aromatic carbocycles. The number of hydrogen-bond acceptors (Lipinski definition) is 4. The van der Waals surface area contributed by atoms with E-state index in [1.54, 1.807) is 18.2 Å². The molecule has 0 amide bonds. The highest BCUT2D eigenvalue weighted by Gasteiger charge is 2.31. The standard InChI is InChI=1S/C13H20N2O3S/c1-13(2)9-11(6-7-18-13)15-19(16,17)12-5-3-4-10(14)8-12/h3-5,8,11,15H,6-7,9,14H2,1-2H3. The second-order valence-corrected chi connectivity index (χ2v) is 7.21. The van der Waals surface area contributed by atoms with E-state index in [2.05, 4.69) is 4.72 Å². The van der Waals surface area contributed by atoms with Crippen molar-refractivity contribution in [3.05, 3.63) is 24.3 Å². The summed E-state index contributed by atoms with van der Waals surface area (Å²) in [5.41, 5.74) is 5.77. The number of ether oxygens (including phenoxy) is 1. The van der Waals surface area contributed by atoms with E-state index in [4.69, 9.17) is 10.5 Å². The fourth-order valence-electron chi connectivity index (χ4n) is 2.30. The fourth-order valence-corrected chi connectivity index (χ4v) is 3.63. The van der Waals surface area contributed by atoms with Crippen molar-refractivity contribution in [1.29, 1.82) is 0 Å². The third-order valence-electron chi connectivity index (χ3n) is 3.19. The van der Waals surface area contributed by atoms with Crippen molar-refractivity contribution < 1.29 is 13.2 Å². The van der Waals surface area contributed by atoms with E-state index in [0.29, 0.717) is 25.1 Å². The molecule has 1 aromatic rings. The first-order valence-electron chi connectivity index (χ1n) is 6.30. The summed E-state index contributed by atoms with van der Waals surface area (Å²) < 4.78 is 32.8. The van der Waals surface area contributed by atoms with Gasteiger partial charge in [0.1, 0.15) is 0 Å². The van der Waals surface area contributed by atoms with E-state index in [1.165, 1.54) is 6.07 Å². The van der Waals surface area contributed by atoms with Gasteiger partial charge in [-0.3, -0.25) is 0 Å². The van der Waals surface area contributed by atoms with Gasteiger partial charge in [-0.05, 0) is 44.9 Å². The Morgan fingerprint density at radius 2 is 2.16 bits per heavy atom. The molecule has 1 heterocycles. The van der Waals surface area contributed by atoms with Crippen LogP contribution in [0.25, 0.3) is 0 Å². The number of hydrogen-bond donors (Lipinski definition) is 2. The number of benzene rings is 1. The van der Waals surface area contributed by atoms with E-state index in [1.807, 2.05) is 13.8 Å². The summed E-state index contributed by atoms with van der Waals surface area (Å²) in [7, 11) is -3.52. The number of nitrogen functional groups attached to an aromatic ring is 1. The molecule has 0 spiro atoms. The zero-order valence-corrected chi connectivity index (χ0v) is 12.0. The van der Waals surface area contributed by atoms with Crippen molar-refractivity contribution in [2.45, 2.75) is 43.2 Å². The number of anilines is 1. The quantitative estimate of drug-likeness (QED) is 0.824. The maximum absolute atomic E-state index is 12.3. The first-order valence-corrected chi connectivity index (χ1v) is 7.79. The normalized spacial score (nSPS) is 23.2. The Hall–Kier alpha value is -1.11. The van der Waals surface area contributed by atoms with Gasteiger partial charge in [0.25, 0.3) is 0 Å². The Morgan fingerprint density at radius 1 is 1.42 bits per heavy atom. The Balaban J connectivity index is 2.13. The highest BCUT2D eigenvalue weighted by molar-refractivity contribution is 7.89. The SMILES string of the molecule is CC1(C)CC(NS(=O)(=O)c2cccc(N)c2)CCO1. The Labute approximate surface area is 114 Å². The molecule has 2 rings (SSSR count). The second kappa shape index (κ2) is 5.11. The minimum absolute atomic E-state index is 0.102. The van der Waals surface area contributed by atoms with Crippen molar-refractivity contribution >= 4 is 15.7 Å². The van der Waals surface area contributed by atoms with Crippen LogP contribution in [-0.4, -0.2) is 26.7 Å². The summed E-state index contributed by atoms with van der Waals surface area (Å²) in [6, 6.07) is 6.21. The molecule has 0 aromatic heterocycles. The van der Waals surface area contributed by atoms with E-state index in [-0.39, 0.29) is 16.5 Å². The highest BCUT2D eigenvalue weighted by Crippen LogP contribution is 2.25. The van der Waals surface area contributed by atoms with Gasteiger partial charge >= 0.3 is 0 Å². The molecule has 1 unspecified atom stereocenters. The molecule has 1 saturated heterocycles. The van der Waals surface area contributed by atoms with Crippen LogP contribution in [0.4, 0.5) is 5.69 Å². The van der Waals surface area contributed by atoms with E-state index < -0.39 is 10.0 Å². The predicted molar refractivity (Wildman–Crippen MR) is 74.2 cm³/mol. The van der Waals surface area contributed by atoms with E-state index in [0.717, 1.165) is 0 Å². The lowest BCUT2D eigenvalue weighted by atomic mass is 9.95. The van der Waals surface area contributed by atoms with E-state index >= 15 is 0 Å². The largest absolute Gasteiger partial charge is 0.399 e. The van der Waals surface area contributed by atoms with Gasteiger partial charge in [0.05, 0.1) is 10.5 Å². The molecule has 106 valence electrons. The predicted octanol–water partition coefficient (Wildman–Crippen LogP) is 1.50. The first kappa shape index (κ1) is 14.3. The highest BCUT2D eigenvalue weighted by atomic mass is 32.2. The monoisotopic (exact) mass is 284 g/mol. The molecule has 0 bridgehead atoms. The van der Waals surface area contributed by atoms with Crippen molar-refractivity contribution in [2.24, 2.45) is 0 Å². The van der Waals surface area contributed by atoms with Crippen molar-refractivity contribution in [1.82, 2.24) is 4.72 Å². The van der Waals surface area contributed by atoms with Crippen molar-refractivity contribution in [2.75, 3.05) is 12.3 Å². The van der Waals surface area contributed by atoms with Crippen LogP contribution in [0.2, 0.25) is 0 Å². The number of sulfonamides is 1. The maximum atomic E-state index is 12.3. The van der Waals surface area contributed by atoms with Crippen LogP contribution in [0.3, 0.4) is 0 Å². The molecule has 1 atom stereocenters. The average Bonchev–Trinajstić information content (AvgIpc) is 2.27. The zero-order chi connectivity index (χ0) is 14.1. The molecule has 1 aliphatic heterocycles. The first-order chi connectivity index (χ1) is 8.78. The molecule has 1 fully saturated rings. The number of rotatable bonds is 3. The van der Waals surface area contributed by atoms with Gasteiger partial charge in [0.15, 0.2) is 0 Å². The number of nitrogens with one attached hydrogen (secondary N) is 1. The molecule has 19 heavy (non-hydrogen) atoms. The smallest absolute Gasteiger partial charge is 0.240 e. The molecule has 5 nitrogen and oxygen atoms in total. The lowest BCUT2D eigenvalue weighted by Gasteiger charge is -2.35. The van der Waals surface area contributed by atoms with Gasteiger partial charge in [0, 0.05) is 18.3 Å². The molecule has 0 saturated carbocycles. The van der Waals surface area contributed by atoms with Gasteiger partial charge in [-0.25, -0.2) is 13.1 Å². The van der Waals surface area contributed by atoms with Crippen LogP contribution in [0.15, 0.2) is 29.2 Å². The molecule has 1 aliphatic rings. The van der Waals surface area contributed by atoms with Crippen molar-refractivity contribution in [3.8, 4) is 0 Å². The average molecular weight is 284 g/mol. The molecular formula is C13H20N2O3S. The fraction of sp³-hybridized carbons (Fsp3) is 0.538. The third kappa shape index (κ3) is 3.68. The van der Waals surface area contributed by atoms with Gasteiger partial charge in [-0.1, -0.05) is 6.07 Å². The summed E-state index contributed by atoms with van der Waals surface area (Å²) in [6.07, 6.45) is 1.35. The minimum atomic E-state index is -3.52. The van der Waals surface area contributed by atoms with Crippen LogP contribution in [0.5, 0.6) is 0 Å².